The Hall–Kier alpha value is -2.23. The Morgan fingerprint density at radius 3 is 2.65 bits per heavy atom. The molecule has 0 bridgehead atoms. The molecule has 2 heterocycles. The van der Waals surface area contributed by atoms with Gasteiger partial charge in [0.15, 0.2) is 0 Å². The first kappa shape index (κ1) is 18.6. The highest BCUT2D eigenvalue weighted by Crippen LogP contribution is 2.18. The van der Waals surface area contributed by atoms with E-state index < -0.39 is 10.0 Å². The lowest BCUT2D eigenvalue weighted by Crippen LogP contribution is -2.43. The van der Waals surface area contributed by atoms with E-state index in [9.17, 15) is 13.2 Å². The largest absolute Gasteiger partial charge is 0.379 e. The van der Waals surface area contributed by atoms with Crippen LogP contribution in [0.2, 0.25) is 0 Å². The molecule has 2 aromatic rings. The molecule has 1 aliphatic rings. The Balaban J connectivity index is 1.65. The van der Waals surface area contributed by atoms with Crippen LogP contribution < -0.4 is 5.32 Å². The summed E-state index contributed by atoms with van der Waals surface area (Å²) in [5, 5.41) is 7.03. The monoisotopic (exact) mass is 378 g/mol. The Bertz CT molecular complexity index is 847. The Kier molecular flexibility index (Phi) is 5.40. The summed E-state index contributed by atoms with van der Waals surface area (Å²) in [5.74, 6) is -0.571. The van der Waals surface area contributed by atoms with Crippen molar-refractivity contribution in [3.63, 3.8) is 0 Å². The molecule has 1 amide bonds. The molecular formula is C17H22N4O4S. The molecule has 1 saturated heterocycles. The van der Waals surface area contributed by atoms with Crippen LogP contribution in [0.3, 0.4) is 0 Å². The first-order valence-corrected chi connectivity index (χ1v) is 9.86. The summed E-state index contributed by atoms with van der Waals surface area (Å²) in [7, 11) is -0.354. The van der Waals surface area contributed by atoms with E-state index >= 15 is 0 Å². The molecule has 1 aromatic carbocycles. The summed E-state index contributed by atoms with van der Waals surface area (Å²) in [5.41, 5.74) is 1.35. The molecule has 0 aliphatic carbocycles. The van der Waals surface area contributed by atoms with E-state index in [0.29, 0.717) is 18.8 Å². The van der Waals surface area contributed by atoms with Crippen LogP contribution in [0, 0.1) is 5.92 Å². The summed E-state index contributed by atoms with van der Waals surface area (Å²) >= 11 is 0. The highest BCUT2D eigenvalue weighted by atomic mass is 32.2. The predicted octanol–water partition coefficient (Wildman–Crippen LogP) is 0.509. The lowest BCUT2D eigenvalue weighted by atomic mass is 10.1. The Morgan fingerprint density at radius 2 is 2.04 bits per heavy atom. The summed E-state index contributed by atoms with van der Waals surface area (Å²) in [6.07, 6.45) is 3.50. The summed E-state index contributed by atoms with van der Waals surface area (Å²) < 4.78 is 32.5. The zero-order chi connectivity index (χ0) is 18.7. The number of aromatic nitrogens is 2. The number of sulfonamides is 1. The molecular weight excluding hydrogens is 356 g/mol. The predicted molar refractivity (Wildman–Crippen MR) is 96.6 cm³/mol. The van der Waals surface area contributed by atoms with Gasteiger partial charge in [-0.05, 0) is 30.3 Å². The number of rotatable bonds is 6. The topological polar surface area (TPSA) is 93.5 Å². The van der Waals surface area contributed by atoms with Crippen LogP contribution >= 0.6 is 0 Å². The maximum Gasteiger partial charge on any atom is 0.251 e. The van der Waals surface area contributed by atoms with E-state index in [2.05, 4.69) is 10.4 Å². The number of carbonyl (C=O) groups is 1. The molecule has 140 valence electrons. The number of nitrogens with zero attached hydrogens (tertiary/aromatic N) is 3. The second-order valence-electron chi connectivity index (χ2n) is 6.44. The van der Waals surface area contributed by atoms with Crippen molar-refractivity contribution in [2.24, 2.45) is 5.92 Å². The van der Waals surface area contributed by atoms with E-state index in [1.54, 1.807) is 35.1 Å². The van der Waals surface area contributed by atoms with Gasteiger partial charge in [-0.15, -0.1) is 0 Å². The average molecular weight is 378 g/mol. The first-order valence-electron chi connectivity index (χ1n) is 8.26. The van der Waals surface area contributed by atoms with Crippen LogP contribution in [0.1, 0.15) is 10.4 Å². The number of hydrogen-bond acceptors (Lipinski definition) is 5. The Labute approximate surface area is 152 Å². The minimum absolute atomic E-state index is 0.0524. The number of benzene rings is 1. The summed E-state index contributed by atoms with van der Waals surface area (Å²) in [6.45, 7) is 0.626. The van der Waals surface area contributed by atoms with E-state index in [1.807, 2.05) is 12.3 Å². The maximum absolute atomic E-state index is 12.5. The molecule has 0 unspecified atom stereocenters. The van der Waals surface area contributed by atoms with Crippen molar-refractivity contribution in [2.75, 3.05) is 33.1 Å². The lowest BCUT2D eigenvalue weighted by molar-refractivity contribution is 0.0926. The molecule has 3 rings (SSSR count). The van der Waals surface area contributed by atoms with Crippen LogP contribution in [0.25, 0.3) is 5.69 Å². The molecule has 1 fully saturated rings. The second-order valence-corrected chi connectivity index (χ2v) is 8.66. The zero-order valence-corrected chi connectivity index (χ0v) is 15.5. The number of amides is 1. The van der Waals surface area contributed by atoms with Crippen molar-refractivity contribution >= 4 is 15.9 Å². The number of ether oxygens (including phenoxy) is 1. The van der Waals surface area contributed by atoms with Gasteiger partial charge >= 0.3 is 0 Å². The highest BCUT2D eigenvalue weighted by Gasteiger charge is 2.34. The molecule has 2 atom stereocenters. The molecule has 26 heavy (non-hydrogen) atoms. The minimum atomic E-state index is -3.35. The number of hydrogen-bond donors (Lipinski definition) is 1. The fourth-order valence-corrected chi connectivity index (χ4v) is 3.95. The van der Waals surface area contributed by atoms with Gasteiger partial charge in [0.25, 0.3) is 5.91 Å². The van der Waals surface area contributed by atoms with E-state index in [1.165, 1.54) is 18.4 Å². The normalized spacial score (nSPS) is 20.4. The van der Waals surface area contributed by atoms with Gasteiger partial charge in [0.2, 0.25) is 10.0 Å². The van der Waals surface area contributed by atoms with Gasteiger partial charge in [0.05, 0.1) is 30.7 Å². The molecule has 1 aliphatic heterocycles. The summed E-state index contributed by atoms with van der Waals surface area (Å²) in [6, 6.07) is 8.54. The third-order valence-electron chi connectivity index (χ3n) is 4.39. The van der Waals surface area contributed by atoms with Gasteiger partial charge in [-0.25, -0.2) is 17.4 Å². The molecule has 1 N–H and O–H groups in total. The number of nitrogens with one attached hydrogen (secondary N) is 1. The van der Waals surface area contributed by atoms with Gasteiger partial charge in [-0.2, -0.15) is 5.10 Å². The fraction of sp³-hybridized carbons (Fsp3) is 0.412. The lowest BCUT2D eigenvalue weighted by Gasteiger charge is -2.21. The van der Waals surface area contributed by atoms with Crippen LogP contribution in [0.15, 0.2) is 42.7 Å². The smallest absolute Gasteiger partial charge is 0.251 e. The van der Waals surface area contributed by atoms with Crippen molar-refractivity contribution in [1.29, 1.82) is 0 Å². The van der Waals surface area contributed by atoms with Gasteiger partial charge in [0.1, 0.15) is 0 Å². The van der Waals surface area contributed by atoms with Crippen LogP contribution in [0.5, 0.6) is 0 Å². The Morgan fingerprint density at radius 1 is 1.31 bits per heavy atom. The van der Waals surface area contributed by atoms with E-state index in [-0.39, 0.29) is 23.6 Å². The van der Waals surface area contributed by atoms with E-state index in [0.717, 1.165) is 5.69 Å². The van der Waals surface area contributed by atoms with Crippen molar-refractivity contribution in [3.8, 4) is 5.69 Å². The van der Waals surface area contributed by atoms with Gasteiger partial charge in [-0.3, -0.25) is 4.79 Å². The quantitative estimate of drug-likeness (QED) is 0.790. The highest BCUT2D eigenvalue weighted by molar-refractivity contribution is 7.89. The molecule has 9 heteroatoms. The molecule has 8 nitrogen and oxygen atoms in total. The van der Waals surface area contributed by atoms with Crippen molar-refractivity contribution < 1.29 is 17.9 Å². The van der Waals surface area contributed by atoms with Crippen molar-refractivity contribution in [3.05, 3.63) is 48.3 Å². The fourth-order valence-electron chi connectivity index (χ4n) is 2.78. The van der Waals surface area contributed by atoms with Crippen molar-refractivity contribution in [1.82, 2.24) is 19.4 Å². The SMILES string of the molecule is CN(C)S(=O)(=O)C[C@@H]1COC[C@@H]1NC(=O)c1ccc(-n2cccn2)cc1. The van der Waals surface area contributed by atoms with Crippen LogP contribution in [-0.4, -0.2) is 67.5 Å². The molecule has 1 aromatic heterocycles. The minimum Gasteiger partial charge on any atom is -0.379 e. The zero-order valence-electron chi connectivity index (χ0n) is 14.7. The first-order chi connectivity index (χ1) is 12.4. The van der Waals surface area contributed by atoms with Gasteiger partial charge < -0.3 is 10.1 Å². The second kappa shape index (κ2) is 7.56. The van der Waals surface area contributed by atoms with Gasteiger partial charge in [-0.1, -0.05) is 0 Å². The molecule has 0 radical (unpaired) electrons. The third-order valence-corrected chi connectivity index (χ3v) is 6.36. The van der Waals surface area contributed by atoms with Gasteiger partial charge in [0, 0.05) is 38.0 Å². The van der Waals surface area contributed by atoms with Crippen LogP contribution in [-0.2, 0) is 14.8 Å². The third kappa shape index (κ3) is 4.12. The van der Waals surface area contributed by atoms with Crippen molar-refractivity contribution in [2.45, 2.75) is 6.04 Å². The maximum atomic E-state index is 12.5. The molecule has 0 spiro atoms. The average Bonchev–Trinajstić information content (AvgIpc) is 3.27. The molecule has 0 saturated carbocycles. The number of carbonyl (C=O) groups excluding carboxylic acids is 1. The summed E-state index contributed by atoms with van der Waals surface area (Å²) in [4.78, 5) is 12.5. The van der Waals surface area contributed by atoms with Crippen LogP contribution in [0.4, 0.5) is 0 Å². The van der Waals surface area contributed by atoms with E-state index in [4.69, 9.17) is 4.74 Å². The standard InChI is InChI=1S/C17H22N4O4S/c1-20(2)26(23,24)12-14-10-25-11-16(14)19-17(22)13-4-6-15(7-5-13)21-9-3-8-18-21/h3-9,14,16H,10-12H2,1-2H3,(H,19,22)/t14-,16-/m0/s1.